The normalized spacial score (nSPS) is 29.2. The van der Waals surface area contributed by atoms with E-state index in [1.807, 2.05) is 14.0 Å². The summed E-state index contributed by atoms with van der Waals surface area (Å²) in [4.78, 5) is 26.8. The maximum Gasteiger partial charge on any atom is 0.320 e. The van der Waals surface area contributed by atoms with Crippen LogP contribution in [0, 0.1) is 17.8 Å². The maximum absolute atomic E-state index is 12.3. The minimum absolute atomic E-state index is 0.0231. The van der Waals surface area contributed by atoms with Gasteiger partial charge < -0.3 is 14.9 Å². The number of aliphatic carboxylic acids is 1. The Hall–Kier alpha value is -1.26. The lowest BCUT2D eigenvalue weighted by molar-refractivity contribution is -0.142. The third-order valence-electron chi connectivity index (χ3n) is 4.42. The number of likely N-dealkylation sites (tertiary alicyclic amines) is 1. The second-order valence-corrected chi connectivity index (χ2v) is 5.80. The van der Waals surface area contributed by atoms with E-state index < -0.39 is 11.9 Å². The Morgan fingerprint density at radius 2 is 1.94 bits per heavy atom. The number of carboxylic acid groups (broad SMARTS) is 1. The van der Waals surface area contributed by atoms with Crippen LogP contribution in [0.1, 0.15) is 26.7 Å². The third-order valence-corrected chi connectivity index (χ3v) is 4.42. The largest absolute Gasteiger partial charge is 0.481 e. The second-order valence-electron chi connectivity index (χ2n) is 5.80. The first kappa shape index (κ1) is 13.2. The van der Waals surface area contributed by atoms with Gasteiger partial charge in [-0.3, -0.25) is 4.79 Å². The minimum atomic E-state index is -0.796. The third kappa shape index (κ3) is 2.44. The fourth-order valence-corrected chi connectivity index (χ4v) is 2.74. The topological polar surface area (TPSA) is 60.9 Å². The van der Waals surface area contributed by atoms with Crippen LogP contribution in [0.3, 0.4) is 0 Å². The Morgan fingerprint density at radius 1 is 1.33 bits per heavy atom. The molecule has 1 heterocycles. The first-order valence-electron chi connectivity index (χ1n) is 6.66. The Balaban J connectivity index is 1.95. The number of carbonyl (C=O) groups is 2. The highest BCUT2D eigenvalue weighted by molar-refractivity contribution is 5.77. The molecule has 0 aromatic rings. The lowest BCUT2D eigenvalue weighted by Crippen LogP contribution is -2.45. The molecule has 102 valence electrons. The molecule has 0 radical (unpaired) electrons. The van der Waals surface area contributed by atoms with Crippen LogP contribution in [0.4, 0.5) is 4.79 Å². The highest BCUT2D eigenvalue weighted by Crippen LogP contribution is 2.35. The Morgan fingerprint density at radius 3 is 2.39 bits per heavy atom. The molecular weight excluding hydrogens is 232 g/mol. The molecule has 0 aromatic carbocycles. The van der Waals surface area contributed by atoms with E-state index >= 15 is 0 Å². The zero-order valence-corrected chi connectivity index (χ0v) is 11.3. The van der Waals surface area contributed by atoms with Gasteiger partial charge >= 0.3 is 12.0 Å². The molecule has 0 aromatic heterocycles. The number of carbonyl (C=O) groups excluding carboxylic acids is 1. The number of rotatable bonds is 3. The van der Waals surface area contributed by atoms with Crippen molar-refractivity contribution in [1.82, 2.24) is 9.80 Å². The predicted octanol–water partition coefficient (Wildman–Crippen LogP) is 1.49. The summed E-state index contributed by atoms with van der Waals surface area (Å²) in [7, 11) is 1.82. The van der Waals surface area contributed by atoms with Gasteiger partial charge in [-0.1, -0.05) is 6.92 Å². The van der Waals surface area contributed by atoms with Crippen LogP contribution in [-0.4, -0.2) is 53.1 Å². The Kier molecular flexibility index (Phi) is 3.50. The number of hydrogen-bond donors (Lipinski definition) is 1. The van der Waals surface area contributed by atoms with Crippen LogP contribution in [0.5, 0.6) is 0 Å². The molecule has 1 aliphatic carbocycles. The molecule has 1 saturated heterocycles. The molecule has 1 aliphatic heterocycles. The van der Waals surface area contributed by atoms with Gasteiger partial charge in [-0.2, -0.15) is 0 Å². The van der Waals surface area contributed by atoms with Crippen molar-refractivity contribution < 1.29 is 14.7 Å². The maximum atomic E-state index is 12.3. The summed E-state index contributed by atoms with van der Waals surface area (Å²) in [5.41, 5.74) is 0. The van der Waals surface area contributed by atoms with Crippen molar-refractivity contribution in [2.24, 2.45) is 17.8 Å². The van der Waals surface area contributed by atoms with Crippen molar-refractivity contribution in [1.29, 1.82) is 0 Å². The molecule has 2 fully saturated rings. The summed E-state index contributed by atoms with van der Waals surface area (Å²) in [5, 5.41) is 9.08. The molecule has 2 aliphatic rings. The molecule has 2 amide bonds. The van der Waals surface area contributed by atoms with Crippen molar-refractivity contribution in [2.45, 2.75) is 32.7 Å². The van der Waals surface area contributed by atoms with Crippen LogP contribution < -0.4 is 0 Å². The molecule has 0 spiro atoms. The van der Waals surface area contributed by atoms with E-state index in [4.69, 9.17) is 5.11 Å². The quantitative estimate of drug-likeness (QED) is 0.830. The molecule has 1 unspecified atom stereocenters. The van der Waals surface area contributed by atoms with Crippen molar-refractivity contribution in [3.05, 3.63) is 0 Å². The predicted molar refractivity (Wildman–Crippen MR) is 67.2 cm³/mol. The first-order chi connectivity index (χ1) is 8.41. The monoisotopic (exact) mass is 254 g/mol. The first-order valence-corrected chi connectivity index (χ1v) is 6.66. The number of nitrogens with zero attached hydrogens (tertiary/aromatic N) is 2. The number of hydrogen-bond acceptors (Lipinski definition) is 2. The van der Waals surface area contributed by atoms with Gasteiger partial charge in [0, 0.05) is 26.2 Å². The van der Waals surface area contributed by atoms with Crippen LogP contribution in [0.15, 0.2) is 0 Å². The van der Waals surface area contributed by atoms with Gasteiger partial charge in [0.2, 0.25) is 0 Å². The van der Waals surface area contributed by atoms with Gasteiger partial charge in [-0.25, -0.2) is 4.79 Å². The summed E-state index contributed by atoms with van der Waals surface area (Å²) in [6.45, 7) is 4.87. The second kappa shape index (κ2) is 4.78. The highest BCUT2D eigenvalue weighted by Gasteiger charge is 2.40. The van der Waals surface area contributed by atoms with Gasteiger partial charge in [-0.05, 0) is 31.6 Å². The van der Waals surface area contributed by atoms with Gasteiger partial charge in [0.25, 0.3) is 0 Å². The Labute approximate surface area is 108 Å². The van der Waals surface area contributed by atoms with E-state index in [1.54, 1.807) is 9.80 Å². The van der Waals surface area contributed by atoms with Crippen LogP contribution in [0.25, 0.3) is 0 Å². The highest BCUT2D eigenvalue weighted by atomic mass is 16.4. The van der Waals surface area contributed by atoms with Crippen LogP contribution >= 0.6 is 0 Å². The van der Waals surface area contributed by atoms with Crippen molar-refractivity contribution in [3.63, 3.8) is 0 Å². The molecule has 3 atom stereocenters. The van der Waals surface area contributed by atoms with Gasteiger partial charge in [0.1, 0.15) is 0 Å². The zero-order chi connectivity index (χ0) is 13.4. The van der Waals surface area contributed by atoms with Crippen molar-refractivity contribution in [3.8, 4) is 0 Å². The van der Waals surface area contributed by atoms with E-state index in [0.29, 0.717) is 19.0 Å². The summed E-state index contributed by atoms with van der Waals surface area (Å²) in [5.74, 6) is -0.542. The molecule has 18 heavy (non-hydrogen) atoms. The summed E-state index contributed by atoms with van der Waals surface area (Å²) < 4.78 is 0. The fourth-order valence-electron chi connectivity index (χ4n) is 2.74. The zero-order valence-electron chi connectivity index (χ0n) is 11.3. The standard InChI is InChI=1S/C13H22N2O3/c1-8-6-15(7-11(8)12(16)17)13(18)14(3)9(2)10-4-5-10/h8-11H,4-7H2,1-3H3,(H,16,17)/t8-,9?,11-/m1/s1. The number of amides is 2. The van der Waals surface area contributed by atoms with E-state index in [9.17, 15) is 9.59 Å². The Bertz CT molecular complexity index is 354. The smallest absolute Gasteiger partial charge is 0.320 e. The van der Waals surface area contributed by atoms with Crippen LogP contribution in [0.2, 0.25) is 0 Å². The summed E-state index contributed by atoms with van der Waals surface area (Å²) >= 11 is 0. The molecule has 5 nitrogen and oxygen atoms in total. The van der Waals surface area contributed by atoms with E-state index in [-0.39, 0.29) is 18.0 Å². The fraction of sp³-hybridized carbons (Fsp3) is 0.846. The van der Waals surface area contributed by atoms with Gasteiger partial charge in [-0.15, -0.1) is 0 Å². The van der Waals surface area contributed by atoms with Crippen molar-refractivity contribution >= 4 is 12.0 Å². The van der Waals surface area contributed by atoms with Gasteiger partial charge in [0.15, 0.2) is 0 Å². The van der Waals surface area contributed by atoms with E-state index in [1.165, 1.54) is 12.8 Å². The van der Waals surface area contributed by atoms with E-state index in [2.05, 4.69) is 6.92 Å². The molecule has 1 N–H and O–H groups in total. The average Bonchev–Trinajstić information content (AvgIpc) is 3.09. The molecule has 1 saturated carbocycles. The molecule has 0 bridgehead atoms. The van der Waals surface area contributed by atoms with Gasteiger partial charge in [0.05, 0.1) is 5.92 Å². The lowest BCUT2D eigenvalue weighted by Gasteiger charge is -2.29. The number of carboxylic acids is 1. The molecule has 2 rings (SSSR count). The molecule has 5 heteroatoms. The van der Waals surface area contributed by atoms with E-state index in [0.717, 1.165) is 0 Å². The molecular formula is C13H22N2O3. The summed E-state index contributed by atoms with van der Waals surface area (Å²) in [6, 6.07) is 0.238. The van der Waals surface area contributed by atoms with Crippen molar-refractivity contribution in [2.75, 3.05) is 20.1 Å². The number of urea groups is 1. The SMILES string of the molecule is CC(C1CC1)N(C)C(=O)N1C[C@@H](C)[C@H](C(=O)O)C1. The minimum Gasteiger partial charge on any atom is -0.481 e. The average molecular weight is 254 g/mol. The van der Waals surface area contributed by atoms with Crippen LogP contribution in [-0.2, 0) is 4.79 Å². The summed E-state index contributed by atoms with van der Waals surface area (Å²) in [6.07, 6.45) is 2.40. The lowest BCUT2D eigenvalue weighted by atomic mass is 9.99.